The lowest BCUT2D eigenvalue weighted by atomic mass is 10.2. The number of nitrogens with two attached hydrogens (primary N) is 1. The van der Waals surface area contributed by atoms with Crippen LogP contribution in [0.5, 0.6) is 0 Å². The van der Waals surface area contributed by atoms with Crippen LogP contribution >= 0.6 is 0 Å². The third-order valence-corrected chi connectivity index (χ3v) is 1.91. The molecule has 0 aromatic carbocycles. The van der Waals surface area contributed by atoms with Crippen LogP contribution in [0, 0.1) is 0 Å². The molecular formula is C11H19NO3. The van der Waals surface area contributed by atoms with Gasteiger partial charge >= 0.3 is 5.97 Å². The molecule has 0 spiro atoms. The van der Waals surface area contributed by atoms with Crippen molar-refractivity contribution in [3.63, 3.8) is 0 Å². The summed E-state index contributed by atoms with van der Waals surface area (Å²) < 4.78 is 4.94. The summed E-state index contributed by atoms with van der Waals surface area (Å²) >= 11 is 0. The van der Waals surface area contributed by atoms with E-state index in [1.807, 2.05) is 0 Å². The summed E-state index contributed by atoms with van der Waals surface area (Å²) in [6, 6.07) is 0. The fourth-order valence-corrected chi connectivity index (χ4v) is 1.08. The van der Waals surface area contributed by atoms with Crippen LogP contribution in [0.4, 0.5) is 0 Å². The Hall–Kier alpha value is -1.32. The highest BCUT2D eigenvalue weighted by molar-refractivity contribution is 5.97. The molecule has 0 unspecified atom stereocenters. The van der Waals surface area contributed by atoms with Crippen LogP contribution in [-0.2, 0) is 14.3 Å². The van der Waals surface area contributed by atoms with Crippen molar-refractivity contribution >= 4 is 11.9 Å². The molecule has 0 heterocycles. The molecule has 86 valence electrons. The number of hydrogen-bond donors (Lipinski definition) is 1. The number of unbranched alkanes of at least 4 members (excludes halogenated alkanes) is 3. The monoisotopic (exact) mass is 213 g/mol. The lowest BCUT2D eigenvalue weighted by Crippen LogP contribution is -2.12. The van der Waals surface area contributed by atoms with Crippen LogP contribution < -0.4 is 5.73 Å². The highest BCUT2D eigenvalue weighted by Crippen LogP contribution is 2.01. The highest BCUT2D eigenvalue weighted by atomic mass is 16.5. The number of carbonyl (C=O) groups excluding carboxylic acids is 2. The van der Waals surface area contributed by atoms with E-state index in [0.29, 0.717) is 6.61 Å². The number of ether oxygens (including phenoxy) is 1. The predicted octanol–water partition coefficient (Wildman–Crippen LogP) is 1.54. The number of carbonyl (C=O) groups is 2. The Labute approximate surface area is 90.5 Å². The van der Waals surface area contributed by atoms with Gasteiger partial charge in [0.1, 0.15) is 0 Å². The second-order valence-corrected chi connectivity index (χ2v) is 3.43. The van der Waals surface area contributed by atoms with Gasteiger partial charge in [-0.1, -0.05) is 26.2 Å². The van der Waals surface area contributed by atoms with Crippen LogP contribution in [0.3, 0.4) is 0 Å². The smallest absolute Gasteiger partial charge is 0.333 e. The first-order valence-electron chi connectivity index (χ1n) is 5.22. The molecule has 0 aliphatic heterocycles. The summed E-state index contributed by atoms with van der Waals surface area (Å²) in [6.45, 7) is 4.04. The van der Waals surface area contributed by atoms with E-state index in [1.54, 1.807) is 0 Å². The van der Waals surface area contributed by atoms with Gasteiger partial charge in [-0.2, -0.15) is 0 Å². The zero-order valence-corrected chi connectivity index (χ0v) is 9.41. The summed E-state index contributed by atoms with van der Waals surface area (Å²) in [5.41, 5.74) is 5.15. The maximum atomic E-state index is 11.2. The predicted molar refractivity (Wildman–Crippen MR) is 58.1 cm³/mol. The molecule has 0 aliphatic rings. The number of hydrogen-bond acceptors (Lipinski definition) is 3. The Balaban J connectivity index is 3.70. The maximum Gasteiger partial charge on any atom is 0.333 e. The van der Waals surface area contributed by atoms with Crippen LogP contribution in [0.1, 0.15) is 39.5 Å². The van der Waals surface area contributed by atoms with Gasteiger partial charge in [0.25, 0.3) is 0 Å². The fraction of sp³-hybridized carbons (Fsp3) is 0.636. The molecule has 15 heavy (non-hydrogen) atoms. The van der Waals surface area contributed by atoms with Gasteiger partial charge in [0, 0.05) is 11.6 Å². The Morgan fingerprint density at radius 3 is 2.47 bits per heavy atom. The lowest BCUT2D eigenvalue weighted by Gasteiger charge is -2.03. The number of primary amides is 1. The van der Waals surface area contributed by atoms with Crippen LogP contribution in [0.25, 0.3) is 0 Å². The topological polar surface area (TPSA) is 69.4 Å². The molecule has 1 amide bonds. The van der Waals surface area contributed by atoms with Crippen molar-refractivity contribution in [3.8, 4) is 0 Å². The van der Waals surface area contributed by atoms with E-state index in [2.05, 4.69) is 6.92 Å². The number of esters is 1. The summed E-state index contributed by atoms with van der Waals surface area (Å²) in [4.78, 5) is 21.7. The molecule has 2 N–H and O–H groups in total. The van der Waals surface area contributed by atoms with Gasteiger partial charge in [0.15, 0.2) is 0 Å². The molecule has 0 saturated heterocycles. The minimum atomic E-state index is -0.629. The first-order chi connectivity index (χ1) is 7.07. The quantitative estimate of drug-likeness (QED) is 0.396. The molecule has 0 saturated carbocycles. The van der Waals surface area contributed by atoms with E-state index >= 15 is 0 Å². The van der Waals surface area contributed by atoms with Gasteiger partial charge in [0.05, 0.1) is 6.61 Å². The zero-order valence-electron chi connectivity index (χ0n) is 9.41. The molecule has 4 heteroatoms. The van der Waals surface area contributed by atoms with Gasteiger partial charge in [-0.15, -0.1) is 0 Å². The summed E-state index contributed by atoms with van der Waals surface area (Å²) in [6.07, 6.45) is 5.29. The molecule has 0 atom stereocenters. The van der Waals surface area contributed by atoms with Gasteiger partial charge < -0.3 is 10.5 Å². The summed E-state index contributed by atoms with van der Waals surface area (Å²) in [5, 5.41) is 0. The molecule has 0 fully saturated rings. The first kappa shape index (κ1) is 13.7. The van der Waals surface area contributed by atoms with Crippen molar-refractivity contribution in [3.05, 3.63) is 11.6 Å². The molecular weight excluding hydrogens is 194 g/mol. The average Bonchev–Trinajstić information content (AvgIpc) is 2.16. The van der Waals surface area contributed by atoms with Gasteiger partial charge in [-0.3, -0.25) is 4.79 Å². The van der Waals surface area contributed by atoms with Gasteiger partial charge in [-0.25, -0.2) is 4.79 Å². The van der Waals surface area contributed by atoms with Crippen molar-refractivity contribution in [2.45, 2.75) is 39.5 Å². The van der Waals surface area contributed by atoms with Crippen molar-refractivity contribution in [1.29, 1.82) is 0 Å². The second-order valence-electron chi connectivity index (χ2n) is 3.43. The third-order valence-electron chi connectivity index (χ3n) is 1.91. The second kappa shape index (κ2) is 8.03. The Morgan fingerprint density at radius 2 is 1.93 bits per heavy atom. The molecule has 0 aromatic rings. The summed E-state index contributed by atoms with van der Waals surface area (Å²) in [7, 11) is 0. The van der Waals surface area contributed by atoms with Crippen molar-refractivity contribution < 1.29 is 14.3 Å². The third kappa shape index (κ3) is 7.73. The molecule has 0 aliphatic carbocycles. The highest BCUT2D eigenvalue weighted by Gasteiger charge is 2.05. The summed E-state index contributed by atoms with van der Waals surface area (Å²) in [5.74, 6) is -1.10. The normalized spacial score (nSPS) is 11.2. The first-order valence-corrected chi connectivity index (χ1v) is 5.22. The Morgan fingerprint density at radius 1 is 1.27 bits per heavy atom. The van der Waals surface area contributed by atoms with Crippen molar-refractivity contribution in [1.82, 2.24) is 0 Å². The Kier molecular flexibility index (Phi) is 7.32. The van der Waals surface area contributed by atoms with Crippen LogP contribution in [0.15, 0.2) is 11.6 Å². The van der Waals surface area contributed by atoms with E-state index in [4.69, 9.17) is 10.5 Å². The fourth-order valence-electron chi connectivity index (χ4n) is 1.08. The van der Waals surface area contributed by atoms with Crippen LogP contribution in [0.2, 0.25) is 0 Å². The largest absolute Gasteiger partial charge is 0.462 e. The average molecular weight is 213 g/mol. The maximum absolute atomic E-state index is 11.2. The van der Waals surface area contributed by atoms with Gasteiger partial charge in [-0.05, 0) is 13.3 Å². The van der Waals surface area contributed by atoms with Gasteiger partial charge in [0.2, 0.25) is 5.91 Å². The molecule has 0 bridgehead atoms. The van der Waals surface area contributed by atoms with E-state index in [-0.39, 0.29) is 5.57 Å². The standard InChI is InChI=1S/C11H19NO3/c1-3-4-5-6-7-15-11(14)9(2)8-10(12)13/h8H,3-7H2,1-2H3,(H2,12,13)/b9-8-. The van der Waals surface area contributed by atoms with Crippen molar-refractivity contribution in [2.75, 3.05) is 6.61 Å². The molecule has 4 nitrogen and oxygen atoms in total. The van der Waals surface area contributed by atoms with Crippen molar-refractivity contribution in [2.24, 2.45) is 5.73 Å². The molecule has 0 radical (unpaired) electrons. The minimum Gasteiger partial charge on any atom is -0.462 e. The Bertz CT molecular complexity index is 246. The zero-order chi connectivity index (χ0) is 11.7. The minimum absolute atomic E-state index is 0.248. The lowest BCUT2D eigenvalue weighted by molar-refractivity contribution is -0.139. The van der Waals surface area contributed by atoms with E-state index in [9.17, 15) is 9.59 Å². The molecule has 0 aromatic heterocycles. The van der Waals surface area contributed by atoms with Crippen LogP contribution in [-0.4, -0.2) is 18.5 Å². The SMILES string of the molecule is CCCCCCOC(=O)/C(C)=C\C(N)=O. The molecule has 0 rings (SSSR count). The van der Waals surface area contributed by atoms with E-state index < -0.39 is 11.9 Å². The van der Waals surface area contributed by atoms with E-state index in [1.165, 1.54) is 6.92 Å². The number of rotatable bonds is 7. The van der Waals surface area contributed by atoms with E-state index in [0.717, 1.165) is 31.8 Å². The number of amides is 1.